The van der Waals surface area contributed by atoms with Gasteiger partial charge in [0.2, 0.25) is 6.67 Å². The van der Waals surface area contributed by atoms with Gasteiger partial charge in [-0.2, -0.15) is 34.3 Å². The molecule has 190 valence electrons. The summed E-state index contributed by atoms with van der Waals surface area (Å²) in [6, 6.07) is 0. The second-order valence-corrected chi connectivity index (χ2v) is 13.1. The number of hydroxylamine groups is 3. The smallest absolute Gasteiger partial charge is 0.444 e. The number of rotatable bonds is 4. The Kier molecular flexibility index (Phi) is 6.27. The minimum absolute atomic E-state index is 0.153. The number of quaternary nitrogens is 1. The van der Waals surface area contributed by atoms with Crippen molar-refractivity contribution in [1.29, 1.82) is 0 Å². The minimum Gasteiger partial charge on any atom is -0.444 e. The normalized spacial score (nSPS) is 26.5. The van der Waals surface area contributed by atoms with Crippen LogP contribution in [0.15, 0.2) is 12.4 Å². The molecule has 0 saturated carbocycles. The molecule has 3 aliphatic heterocycles. The number of hydrogen-bond acceptors (Lipinski definition) is 7. The highest BCUT2D eigenvalue weighted by molar-refractivity contribution is 7.87. The Hall–Kier alpha value is -1.62. The average Bonchev–Trinajstić information content (AvgIpc) is 2.99. The summed E-state index contributed by atoms with van der Waals surface area (Å²) in [4.78, 5) is 13.7. The Morgan fingerprint density at radius 2 is 1.61 bits per heavy atom. The molecule has 11 nitrogen and oxygen atoms in total. The quantitative estimate of drug-likeness (QED) is 0.407. The van der Waals surface area contributed by atoms with Crippen LogP contribution < -0.4 is 0 Å². The van der Waals surface area contributed by atoms with Gasteiger partial charge in [0.05, 0.1) is 6.20 Å². The van der Waals surface area contributed by atoms with Gasteiger partial charge in [-0.25, -0.2) is 9.10 Å². The number of hydrogen-bond donors (Lipinski definition) is 0. The zero-order valence-electron chi connectivity index (χ0n) is 18.7. The van der Waals surface area contributed by atoms with Gasteiger partial charge in [0, 0.05) is 31.6 Å². The summed E-state index contributed by atoms with van der Waals surface area (Å²) >= 11 is 0. The van der Waals surface area contributed by atoms with Crippen molar-refractivity contribution in [2.75, 3.05) is 39.9 Å². The highest BCUT2D eigenvalue weighted by Gasteiger charge is 2.55. The average molecular weight is 522 g/mol. The first-order valence-electron chi connectivity index (χ1n) is 10.1. The molecule has 1 atom stereocenters. The van der Waals surface area contributed by atoms with E-state index in [0.717, 1.165) is 23.8 Å². The predicted molar refractivity (Wildman–Crippen MR) is 108 cm³/mol. The fourth-order valence-corrected chi connectivity index (χ4v) is 6.08. The number of likely N-dealkylation sites (tertiary alicyclic amines) is 1. The molecule has 2 saturated heterocycles. The molecule has 0 aromatic carbocycles. The molecule has 1 spiro atoms. The Balaban J connectivity index is 1.56. The molecule has 3 aliphatic rings. The molecule has 0 bridgehead atoms. The van der Waals surface area contributed by atoms with E-state index in [9.17, 15) is 34.8 Å². The monoisotopic (exact) mass is 521 g/mol. The minimum atomic E-state index is -5.93. The third kappa shape index (κ3) is 5.39. The first kappa shape index (κ1) is 26.0. The summed E-state index contributed by atoms with van der Waals surface area (Å²) in [5.74, 6) is 0. The van der Waals surface area contributed by atoms with Crippen LogP contribution in [0, 0.1) is 5.41 Å². The number of amides is 1. The lowest BCUT2D eigenvalue weighted by Gasteiger charge is -2.53. The number of carbonyl (C=O) groups excluding carboxylic acids is 1. The van der Waals surface area contributed by atoms with E-state index >= 15 is 0 Å². The Labute approximate surface area is 191 Å². The Morgan fingerprint density at radius 3 is 2.09 bits per heavy atom. The summed E-state index contributed by atoms with van der Waals surface area (Å²) in [6.45, 7) is 5.85. The Morgan fingerprint density at radius 1 is 1.06 bits per heavy atom. The molecular weight excluding hydrogens is 493 g/mol. The lowest BCUT2D eigenvalue weighted by atomic mass is 9.72. The fraction of sp³-hybridized carbons (Fsp3) is 0.824. The van der Waals surface area contributed by atoms with Crippen molar-refractivity contribution in [3.05, 3.63) is 12.4 Å². The van der Waals surface area contributed by atoms with Crippen LogP contribution in [-0.4, -0.2) is 92.1 Å². The summed E-state index contributed by atoms with van der Waals surface area (Å²) in [6.07, 6.45) is 2.47. The van der Waals surface area contributed by atoms with Crippen LogP contribution in [0.25, 0.3) is 0 Å². The molecule has 33 heavy (non-hydrogen) atoms. The molecule has 1 unspecified atom stereocenters. The van der Waals surface area contributed by atoms with Gasteiger partial charge in [0.15, 0.2) is 0 Å². The molecule has 16 heteroatoms. The number of alkyl halides is 3. The zero-order chi connectivity index (χ0) is 25.1. The molecule has 3 rings (SSSR count). The molecule has 3 heterocycles. The van der Waals surface area contributed by atoms with Gasteiger partial charge in [-0.05, 0) is 33.6 Å². The van der Waals surface area contributed by atoms with Crippen molar-refractivity contribution in [3.8, 4) is 0 Å². The number of carbonyl (C=O) groups is 1. The number of halogens is 3. The first-order chi connectivity index (χ1) is 14.8. The van der Waals surface area contributed by atoms with E-state index < -0.39 is 48.8 Å². The predicted octanol–water partition coefficient (Wildman–Crippen LogP) is 1.54. The maximum Gasteiger partial charge on any atom is 0.528 e. The van der Waals surface area contributed by atoms with Crippen molar-refractivity contribution in [3.63, 3.8) is 0 Å². The van der Waals surface area contributed by atoms with Gasteiger partial charge in [-0.1, -0.05) is 4.28 Å². The molecule has 0 aromatic heterocycles. The van der Waals surface area contributed by atoms with Gasteiger partial charge in [0.25, 0.3) is 0 Å². The van der Waals surface area contributed by atoms with Crippen molar-refractivity contribution in [1.82, 2.24) is 13.5 Å². The first-order valence-corrected chi connectivity index (χ1v) is 12.9. The molecule has 2 fully saturated rings. The fourth-order valence-electron chi connectivity index (χ4n) is 3.93. The molecule has 0 aromatic rings. The van der Waals surface area contributed by atoms with Crippen molar-refractivity contribution in [2.24, 2.45) is 5.41 Å². The van der Waals surface area contributed by atoms with Gasteiger partial charge in [0.1, 0.15) is 18.8 Å². The maximum absolute atomic E-state index is 13.0. The van der Waals surface area contributed by atoms with Crippen molar-refractivity contribution >= 4 is 26.4 Å². The van der Waals surface area contributed by atoms with Gasteiger partial charge in [-0.15, -0.1) is 4.65 Å². The van der Waals surface area contributed by atoms with E-state index in [-0.39, 0.29) is 18.5 Å². The van der Waals surface area contributed by atoms with Crippen LogP contribution in [0.1, 0.15) is 33.6 Å². The second-order valence-electron chi connectivity index (χ2n) is 9.72. The summed E-state index contributed by atoms with van der Waals surface area (Å²) in [7, 11) is -9.03. The highest BCUT2D eigenvalue weighted by Crippen LogP contribution is 2.42. The largest absolute Gasteiger partial charge is 0.528 e. The Bertz CT molecular complexity index is 1020. The van der Waals surface area contributed by atoms with Crippen LogP contribution in [0.2, 0.25) is 0 Å². The number of nitrogens with zero attached hydrogens (tertiary/aromatic N) is 4. The SMILES string of the molecule is CC(C)(C)OC(=O)N1CC2(CCN(S(=O)(=O)N3C=C[N+](C)(OS(=O)(=O)C(F)(F)F)C3)CC2)C1. The van der Waals surface area contributed by atoms with E-state index in [0.29, 0.717) is 25.9 Å². The van der Waals surface area contributed by atoms with E-state index in [1.165, 1.54) is 4.31 Å². The van der Waals surface area contributed by atoms with E-state index in [1.807, 2.05) is 0 Å². The van der Waals surface area contributed by atoms with Crippen LogP contribution in [0.4, 0.5) is 18.0 Å². The molecule has 0 radical (unpaired) electrons. The topological polar surface area (TPSA) is 114 Å². The lowest BCUT2D eigenvalue weighted by molar-refractivity contribution is -1.02. The summed E-state index contributed by atoms with van der Waals surface area (Å²) in [5, 5.41) is 0. The standard InChI is InChI=1S/C17H28F3N4O7S2/c1-15(2,3)30-14(25)21-11-16(12-21)5-7-22(8-6-16)33(28,29)23-9-10-24(4,13-23)31-32(26,27)17(18,19)20/h9-10H,5-8,11-13H2,1-4H3/q+1. The zero-order valence-corrected chi connectivity index (χ0v) is 20.3. The molecule has 0 aliphatic carbocycles. The molecule has 0 N–H and O–H groups in total. The summed E-state index contributed by atoms with van der Waals surface area (Å²) in [5.41, 5.74) is -6.46. The van der Waals surface area contributed by atoms with Crippen molar-refractivity contribution < 1.29 is 48.5 Å². The van der Waals surface area contributed by atoms with Gasteiger partial charge < -0.3 is 9.64 Å². The number of piperidine rings is 1. The van der Waals surface area contributed by atoms with E-state index in [4.69, 9.17) is 4.74 Å². The second kappa shape index (κ2) is 7.96. The maximum atomic E-state index is 13.0. The molecule has 1 amide bonds. The van der Waals surface area contributed by atoms with Gasteiger partial charge >= 0.3 is 31.9 Å². The van der Waals surface area contributed by atoms with Crippen LogP contribution in [-0.2, 0) is 29.3 Å². The highest BCUT2D eigenvalue weighted by atomic mass is 32.2. The van der Waals surface area contributed by atoms with Crippen LogP contribution in [0.5, 0.6) is 0 Å². The van der Waals surface area contributed by atoms with Crippen LogP contribution >= 0.6 is 0 Å². The van der Waals surface area contributed by atoms with Gasteiger partial charge in [-0.3, -0.25) is 0 Å². The van der Waals surface area contributed by atoms with E-state index in [1.54, 1.807) is 25.7 Å². The van der Waals surface area contributed by atoms with Crippen LogP contribution in [0.3, 0.4) is 0 Å². The molecular formula is C17H28F3N4O7S2+. The summed E-state index contributed by atoms with van der Waals surface area (Å²) < 4.78 is 96.7. The lowest BCUT2D eigenvalue weighted by Crippen LogP contribution is -2.63. The third-order valence-corrected chi connectivity index (χ3v) is 8.58. The number of ether oxygens (including phenoxy) is 1. The third-order valence-electron chi connectivity index (χ3n) is 5.63. The van der Waals surface area contributed by atoms with Crippen molar-refractivity contribution in [2.45, 2.75) is 44.7 Å². The van der Waals surface area contributed by atoms with E-state index in [2.05, 4.69) is 4.28 Å².